The Labute approximate surface area is 115 Å². The fraction of sp³-hybridized carbons (Fsp3) is 0.533. The molecule has 0 fully saturated rings. The smallest absolute Gasteiger partial charge is 0.144 e. The molecule has 3 heteroatoms. The van der Waals surface area contributed by atoms with Gasteiger partial charge in [0.15, 0.2) is 0 Å². The first kappa shape index (κ1) is 15.2. The average Bonchev–Trinajstić information content (AvgIpc) is 2.36. The van der Waals surface area contributed by atoms with Gasteiger partial charge in [-0.1, -0.05) is 37.6 Å². The van der Waals surface area contributed by atoms with Crippen molar-refractivity contribution in [3.8, 4) is 0 Å². The molecule has 1 rings (SSSR count). The summed E-state index contributed by atoms with van der Waals surface area (Å²) in [6.45, 7) is 6.43. The minimum Gasteiger partial charge on any atom is -0.329 e. The number of carbonyl (C=O) groups excluding carboxylic acids is 1. The number of nitrogens with two attached hydrogens (primary N) is 1. The number of benzene rings is 1. The van der Waals surface area contributed by atoms with Crippen LogP contribution in [-0.2, 0) is 11.2 Å². The Hall–Kier alpha value is -0.860. The van der Waals surface area contributed by atoms with Crippen LogP contribution in [0.25, 0.3) is 0 Å². The molecule has 2 nitrogen and oxygen atoms in total. The summed E-state index contributed by atoms with van der Waals surface area (Å²) in [7, 11) is 0. The van der Waals surface area contributed by atoms with Crippen LogP contribution in [0.2, 0.25) is 5.02 Å². The first-order chi connectivity index (χ1) is 8.49. The van der Waals surface area contributed by atoms with E-state index in [0.29, 0.717) is 18.0 Å². The number of carbonyl (C=O) groups is 1. The van der Waals surface area contributed by atoms with Crippen molar-refractivity contribution in [2.75, 3.05) is 6.54 Å². The maximum absolute atomic E-state index is 12.4. The van der Waals surface area contributed by atoms with Crippen LogP contribution in [0.15, 0.2) is 18.2 Å². The van der Waals surface area contributed by atoms with E-state index in [1.54, 1.807) is 0 Å². The number of ketones is 1. The Morgan fingerprint density at radius 2 is 1.94 bits per heavy atom. The van der Waals surface area contributed by atoms with Crippen molar-refractivity contribution in [2.45, 2.75) is 40.0 Å². The van der Waals surface area contributed by atoms with E-state index < -0.39 is 5.41 Å². The zero-order chi connectivity index (χ0) is 13.8. The van der Waals surface area contributed by atoms with Crippen molar-refractivity contribution in [1.82, 2.24) is 0 Å². The first-order valence-corrected chi connectivity index (χ1v) is 6.85. The quantitative estimate of drug-likeness (QED) is 0.857. The summed E-state index contributed by atoms with van der Waals surface area (Å²) in [5, 5.41) is 0.668. The molecule has 0 atom stereocenters. The molecule has 0 aliphatic rings. The second-order valence-electron chi connectivity index (χ2n) is 4.89. The lowest BCUT2D eigenvalue weighted by Gasteiger charge is -2.28. The lowest BCUT2D eigenvalue weighted by atomic mass is 9.76. The molecule has 2 N–H and O–H groups in total. The van der Waals surface area contributed by atoms with Crippen molar-refractivity contribution in [2.24, 2.45) is 11.1 Å². The number of Topliss-reactive ketones (excluding diaryl/α,β-unsaturated/α-hetero) is 1. The lowest BCUT2D eigenvalue weighted by Crippen LogP contribution is -2.38. The summed E-state index contributed by atoms with van der Waals surface area (Å²) in [5.74, 6) is 0.195. The highest BCUT2D eigenvalue weighted by atomic mass is 35.5. The second kappa shape index (κ2) is 6.35. The number of hydrogen-bond acceptors (Lipinski definition) is 2. The standard InChI is InChI=1S/C15H22ClNO/c1-4-15(5-2,10-17)14(18)9-12-7-6-11(3)8-13(12)16/h6-8H,4-5,9-10,17H2,1-3H3. The average molecular weight is 268 g/mol. The number of rotatable bonds is 6. The predicted molar refractivity (Wildman–Crippen MR) is 77.0 cm³/mol. The van der Waals surface area contributed by atoms with Gasteiger partial charge in [0.1, 0.15) is 5.78 Å². The maximum atomic E-state index is 12.4. The van der Waals surface area contributed by atoms with Gasteiger partial charge < -0.3 is 5.73 Å². The van der Waals surface area contributed by atoms with E-state index in [-0.39, 0.29) is 5.78 Å². The Bertz CT molecular complexity index is 416. The molecule has 0 aliphatic heterocycles. The van der Waals surface area contributed by atoms with E-state index in [4.69, 9.17) is 17.3 Å². The van der Waals surface area contributed by atoms with Gasteiger partial charge in [-0.05, 0) is 37.0 Å². The van der Waals surface area contributed by atoms with Gasteiger partial charge in [-0.2, -0.15) is 0 Å². The Morgan fingerprint density at radius 1 is 1.33 bits per heavy atom. The van der Waals surface area contributed by atoms with Gasteiger partial charge in [0.2, 0.25) is 0 Å². The summed E-state index contributed by atoms with van der Waals surface area (Å²) >= 11 is 6.17. The van der Waals surface area contributed by atoms with Gasteiger partial charge in [-0.15, -0.1) is 0 Å². The van der Waals surface area contributed by atoms with Crippen molar-refractivity contribution in [3.63, 3.8) is 0 Å². The summed E-state index contributed by atoms with van der Waals surface area (Å²) < 4.78 is 0. The Morgan fingerprint density at radius 3 is 2.39 bits per heavy atom. The van der Waals surface area contributed by atoms with E-state index in [1.165, 1.54) is 0 Å². The largest absolute Gasteiger partial charge is 0.329 e. The van der Waals surface area contributed by atoms with Crippen molar-refractivity contribution in [1.29, 1.82) is 0 Å². The molecule has 18 heavy (non-hydrogen) atoms. The molecule has 0 aromatic heterocycles. The van der Waals surface area contributed by atoms with Crippen LogP contribution < -0.4 is 5.73 Å². The van der Waals surface area contributed by atoms with Crippen LogP contribution in [0.5, 0.6) is 0 Å². The van der Waals surface area contributed by atoms with E-state index in [0.717, 1.165) is 24.0 Å². The molecule has 0 radical (unpaired) electrons. The monoisotopic (exact) mass is 267 g/mol. The molecule has 100 valence electrons. The highest BCUT2D eigenvalue weighted by Crippen LogP contribution is 2.29. The summed E-state index contributed by atoms with van der Waals surface area (Å²) in [6, 6.07) is 5.81. The van der Waals surface area contributed by atoms with Gasteiger partial charge in [0.25, 0.3) is 0 Å². The van der Waals surface area contributed by atoms with Crippen LogP contribution in [-0.4, -0.2) is 12.3 Å². The first-order valence-electron chi connectivity index (χ1n) is 6.47. The molecule has 1 aromatic carbocycles. The molecule has 0 bridgehead atoms. The van der Waals surface area contributed by atoms with Crippen molar-refractivity contribution < 1.29 is 4.79 Å². The van der Waals surface area contributed by atoms with Crippen molar-refractivity contribution in [3.05, 3.63) is 34.3 Å². The van der Waals surface area contributed by atoms with Gasteiger partial charge in [-0.25, -0.2) is 0 Å². The van der Waals surface area contributed by atoms with E-state index in [1.807, 2.05) is 39.0 Å². The molecule has 0 amide bonds. The summed E-state index contributed by atoms with van der Waals surface area (Å²) in [5.41, 5.74) is 7.40. The van der Waals surface area contributed by atoms with Crippen LogP contribution in [0.1, 0.15) is 37.8 Å². The minimum absolute atomic E-state index is 0.195. The topological polar surface area (TPSA) is 43.1 Å². The molecule has 0 heterocycles. The van der Waals surface area contributed by atoms with Gasteiger partial charge in [0.05, 0.1) is 0 Å². The SMILES string of the molecule is CCC(CC)(CN)C(=O)Cc1ccc(C)cc1Cl. The summed E-state index contributed by atoms with van der Waals surface area (Å²) in [6.07, 6.45) is 1.93. The fourth-order valence-corrected chi connectivity index (χ4v) is 2.50. The van der Waals surface area contributed by atoms with E-state index in [2.05, 4.69) is 0 Å². The molecule has 0 spiro atoms. The predicted octanol–water partition coefficient (Wildman–Crippen LogP) is 3.53. The second-order valence-corrected chi connectivity index (χ2v) is 5.29. The van der Waals surface area contributed by atoms with E-state index >= 15 is 0 Å². The zero-order valence-electron chi connectivity index (χ0n) is 11.4. The molecular formula is C15H22ClNO. The highest BCUT2D eigenvalue weighted by molar-refractivity contribution is 6.31. The van der Waals surface area contributed by atoms with Crippen LogP contribution >= 0.6 is 11.6 Å². The molecule has 0 unspecified atom stereocenters. The molecule has 0 saturated carbocycles. The molecular weight excluding hydrogens is 246 g/mol. The third-order valence-corrected chi connectivity index (χ3v) is 4.25. The number of aryl methyl sites for hydroxylation is 1. The Balaban J connectivity index is 2.93. The lowest BCUT2D eigenvalue weighted by molar-refractivity contribution is -0.128. The highest BCUT2D eigenvalue weighted by Gasteiger charge is 2.32. The molecule has 0 aliphatic carbocycles. The summed E-state index contributed by atoms with van der Waals surface area (Å²) in [4.78, 5) is 12.4. The van der Waals surface area contributed by atoms with Crippen molar-refractivity contribution >= 4 is 17.4 Å². The van der Waals surface area contributed by atoms with Crippen LogP contribution in [0.3, 0.4) is 0 Å². The third-order valence-electron chi connectivity index (χ3n) is 3.90. The van der Waals surface area contributed by atoms with Crippen LogP contribution in [0, 0.1) is 12.3 Å². The van der Waals surface area contributed by atoms with Crippen LogP contribution in [0.4, 0.5) is 0 Å². The normalized spacial score (nSPS) is 11.6. The molecule has 0 saturated heterocycles. The third kappa shape index (κ3) is 3.12. The maximum Gasteiger partial charge on any atom is 0.144 e. The Kier molecular flexibility index (Phi) is 5.36. The molecule has 1 aromatic rings. The zero-order valence-corrected chi connectivity index (χ0v) is 12.2. The fourth-order valence-electron chi connectivity index (χ4n) is 2.20. The van der Waals surface area contributed by atoms with Gasteiger partial charge in [-0.3, -0.25) is 4.79 Å². The minimum atomic E-state index is -0.395. The number of hydrogen-bond donors (Lipinski definition) is 1. The van der Waals surface area contributed by atoms with Gasteiger partial charge in [0, 0.05) is 23.4 Å². The van der Waals surface area contributed by atoms with Gasteiger partial charge >= 0.3 is 0 Å². The number of halogens is 1. The van der Waals surface area contributed by atoms with E-state index in [9.17, 15) is 4.79 Å².